The Morgan fingerprint density at radius 2 is 1.54 bits per heavy atom. The molecule has 0 aliphatic heterocycles. The Hall–Kier alpha value is -2.33. The topological polar surface area (TPSA) is 47.6 Å². The highest BCUT2D eigenvalue weighted by atomic mass is 16.5. The number of hydrogen-bond donors (Lipinski definition) is 1. The number of carbonyl (C=O) groups excluding carboxylic acids is 1. The molecule has 1 amide bonds. The molecule has 2 rings (SSSR count). The van der Waals surface area contributed by atoms with Crippen LogP contribution in [0.5, 0.6) is 5.75 Å². The number of rotatable bonds is 9. The van der Waals surface area contributed by atoms with Crippen LogP contribution in [0.4, 0.5) is 0 Å². The van der Waals surface area contributed by atoms with Crippen LogP contribution >= 0.6 is 0 Å². The fourth-order valence-corrected chi connectivity index (χ4v) is 2.20. The smallest absolute Gasteiger partial charge is 0.258 e. The van der Waals surface area contributed by atoms with E-state index in [1.807, 2.05) is 55.5 Å². The van der Waals surface area contributed by atoms with E-state index in [-0.39, 0.29) is 12.5 Å². The third-order valence-corrected chi connectivity index (χ3v) is 3.69. The van der Waals surface area contributed by atoms with Crippen molar-refractivity contribution in [1.82, 2.24) is 5.32 Å². The van der Waals surface area contributed by atoms with Gasteiger partial charge in [0.15, 0.2) is 6.61 Å². The molecular formula is C20H25NO3. The minimum atomic E-state index is -0.132. The molecular weight excluding hydrogens is 302 g/mol. The van der Waals surface area contributed by atoms with E-state index in [9.17, 15) is 4.79 Å². The lowest BCUT2D eigenvalue weighted by Crippen LogP contribution is -2.28. The van der Waals surface area contributed by atoms with Crippen LogP contribution in [-0.4, -0.2) is 19.1 Å². The van der Waals surface area contributed by atoms with Gasteiger partial charge in [0.05, 0.1) is 6.61 Å². The van der Waals surface area contributed by atoms with Gasteiger partial charge in [-0.15, -0.1) is 0 Å². The predicted octanol–water partition coefficient (Wildman–Crippen LogP) is 3.48. The molecule has 128 valence electrons. The van der Waals surface area contributed by atoms with E-state index in [2.05, 4.69) is 12.2 Å². The van der Waals surface area contributed by atoms with Crippen molar-refractivity contribution in [3.63, 3.8) is 0 Å². The van der Waals surface area contributed by atoms with Crippen LogP contribution in [0, 0.1) is 0 Å². The minimum absolute atomic E-state index is 0.0217. The van der Waals surface area contributed by atoms with Gasteiger partial charge in [-0.3, -0.25) is 4.79 Å². The Labute approximate surface area is 143 Å². The molecule has 4 nitrogen and oxygen atoms in total. The van der Waals surface area contributed by atoms with Gasteiger partial charge in [-0.1, -0.05) is 43.3 Å². The maximum absolute atomic E-state index is 11.9. The number of amides is 1. The molecule has 0 radical (unpaired) electrons. The molecule has 2 aromatic rings. The highest BCUT2D eigenvalue weighted by Gasteiger charge is 2.03. The summed E-state index contributed by atoms with van der Waals surface area (Å²) in [5, 5.41) is 2.86. The van der Waals surface area contributed by atoms with Gasteiger partial charge in [-0.05, 0) is 42.2 Å². The van der Waals surface area contributed by atoms with Crippen LogP contribution in [-0.2, 0) is 29.1 Å². The van der Waals surface area contributed by atoms with E-state index < -0.39 is 0 Å². The first-order valence-electron chi connectivity index (χ1n) is 8.35. The van der Waals surface area contributed by atoms with Crippen LogP contribution in [0.15, 0.2) is 48.5 Å². The molecule has 0 aliphatic carbocycles. The van der Waals surface area contributed by atoms with E-state index in [4.69, 9.17) is 9.47 Å². The lowest BCUT2D eigenvalue weighted by atomic mass is 10.1. The number of benzene rings is 2. The Bertz CT molecular complexity index is 620. The van der Waals surface area contributed by atoms with Crippen molar-refractivity contribution < 1.29 is 14.3 Å². The van der Waals surface area contributed by atoms with E-state index >= 15 is 0 Å². The normalized spacial score (nSPS) is 10.4. The van der Waals surface area contributed by atoms with Crippen LogP contribution in [0.1, 0.15) is 30.5 Å². The van der Waals surface area contributed by atoms with Crippen LogP contribution < -0.4 is 10.1 Å². The van der Waals surface area contributed by atoms with Gasteiger partial charge in [0.1, 0.15) is 5.75 Å². The highest BCUT2D eigenvalue weighted by Crippen LogP contribution is 2.12. The predicted molar refractivity (Wildman–Crippen MR) is 94.9 cm³/mol. The quantitative estimate of drug-likeness (QED) is 0.767. The second-order valence-corrected chi connectivity index (χ2v) is 5.52. The van der Waals surface area contributed by atoms with Gasteiger partial charge in [-0.2, -0.15) is 0 Å². The molecule has 0 aromatic heterocycles. The molecule has 2 aromatic carbocycles. The summed E-state index contributed by atoms with van der Waals surface area (Å²) in [7, 11) is 0. The maximum Gasteiger partial charge on any atom is 0.258 e. The Morgan fingerprint density at radius 3 is 2.17 bits per heavy atom. The molecule has 0 atom stereocenters. The maximum atomic E-state index is 11.9. The average molecular weight is 327 g/mol. The summed E-state index contributed by atoms with van der Waals surface area (Å²) >= 11 is 0. The first-order valence-corrected chi connectivity index (χ1v) is 8.35. The molecule has 4 heteroatoms. The number of hydrogen-bond acceptors (Lipinski definition) is 3. The summed E-state index contributed by atoms with van der Waals surface area (Å²) in [6, 6.07) is 15.8. The number of aryl methyl sites for hydroxylation is 1. The standard InChI is InChI=1S/C20H25NO3/c1-3-16-9-11-19(12-10-16)24-15-20(22)21-13-17-5-7-18(8-6-17)14-23-4-2/h5-12H,3-4,13-15H2,1-2H3,(H,21,22). The molecule has 0 fully saturated rings. The van der Waals surface area contributed by atoms with Crippen molar-refractivity contribution in [3.05, 3.63) is 65.2 Å². The van der Waals surface area contributed by atoms with Crippen LogP contribution in [0.3, 0.4) is 0 Å². The fourth-order valence-electron chi connectivity index (χ4n) is 2.20. The van der Waals surface area contributed by atoms with Gasteiger partial charge < -0.3 is 14.8 Å². The lowest BCUT2D eigenvalue weighted by molar-refractivity contribution is -0.123. The summed E-state index contributed by atoms with van der Waals surface area (Å²) < 4.78 is 10.9. The molecule has 0 spiro atoms. The van der Waals surface area contributed by atoms with E-state index in [0.29, 0.717) is 25.5 Å². The Kier molecular flexibility index (Phi) is 7.30. The number of ether oxygens (including phenoxy) is 2. The number of carbonyl (C=O) groups is 1. The Balaban J connectivity index is 1.72. The summed E-state index contributed by atoms with van der Waals surface area (Å²) in [5.74, 6) is 0.579. The van der Waals surface area contributed by atoms with Gasteiger partial charge in [0.25, 0.3) is 5.91 Å². The zero-order valence-electron chi connectivity index (χ0n) is 14.4. The monoisotopic (exact) mass is 327 g/mol. The van der Waals surface area contributed by atoms with Gasteiger partial charge in [0, 0.05) is 13.2 Å². The average Bonchev–Trinajstić information content (AvgIpc) is 2.64. The molecule has 0 unspecified atom stereocenters. The van der Waals surface area contributed by atoms with Crippen molar-refractivity contribution in [2.75, 3.05) is 13.2 Å². The summed E-state index contributed by atoms with van der Waals surface area (Å²) in [4.78, 5) is 11.9. The first kappa shape index (κ1) is 18.0. The fraction of sp³-hybridized carbons (Fsp3) is 0.350. The van der Waals surface area contributed by atoms with E-state index in [1.54, 1.807) is 0 Å². The lowest BCUT2D eigenvalue weighted by Gasteiger charge is -2.09. The second kappa shape index (κ2) is 9.73. The zero-order chi connectivity index (χ0) is 17.2. The van der Waals surface area contributed by atoms with Crippen molar-refractivity contribution in [1.29, 1.82) is 0 Å². The summed E-state index contributed by atoms with van der Waals surface area (Å²) in [6.45, 7) is 5.92. The summed E-state index contributed by atoms with van der Waals surface area (Å²) in [6.07, 6.45) is 0.990. The minimum Gasteiger partial charge on any atom is -0.484 e. The van der Waals surface area contributed by atoms with Crippen LogP contribution in [0.2, 0.25) is 0 Å². The van der Waals surface area contributed by atoms with E-state index in [1.165, 1.54) is 5.56 Å². The molecule has 1 N–H and O–H groups in total. The van der Waals surface area contributed by atoms with Crippen molar-refractivity contribution >= 4 is 5.91 Å². The third-order valence-electron chi connectivity index (χ3n) is 3.69. The highest BCUT2D eigenvalue weighted by molar-refractivity contribution is 5.77. The molecule has 0 aliphatic rings. The van der Waals surface area contributed by atoms with Crippen molar-refractivity contribution in [2.45, 2.75) is 33.4 Å². The first-order chi connectivity index (χ1) is 11.7. The molecule has 0 heterocycles. The molecule has 0 bridgehead atoms. The largest absolute Gasteiger partial charge is 0.484 e. The van der Waals surface area contributed by atoms with Crippen LogP contribution in [0.25, 0.3) is 0 Å². The van der Waals surface area contributed by atoms with Gasteiger partial charge in [-0.25, -0.2) is 0 Å². The van der Waals surface area contributed by atoms with Gasteiger partial charge >= 0.3 is 0 Å². The molecule has 0 saturated heterocycles. The second-order valence-electron chi connectivity index (χ2n) is 5.52. The molecule has 24 heavy (non-hydrogen) atoms. The SMILES string of the molecule is CCOCc1ccc(CNC(=O)COc2ccc(CC)cc2)cc1. The van der Waals surface area contributed by atoms with E-state index in [0.717, 1.165) is 17.5 Å². The number of nitrogens with one attached hydrogen (secondary N) is 1. The summed E-state index contributed by atoms with van der Waals surface area (Å²) in [5.41, 5.74) is 3.43. The Morgan fingerprint density at radius 1 is 0.917 bits per heavy atom. The van der Waals surface area contributed by atoms with Gasteiger partial charge in [0.2, 0.25) is 0 Å². The van der Waals surface area contributed by atoms with Crippen molar-refractivity contribution in [2.24, 2.45) is 0 Å². The zero-order valence-corrected chi connectivity index (χ0v) is 14.4. The van der Waals surface area contributed by atoms with Crippen molar-refractivity contribution in [3.8, 4) is 5.75 Å². The molecule has 0 saturated carbocycles. The third kappa shape index (κ3) is 6.05.